The Bertz CT molecular complexity index is 5810. The standard InChI is InChI=1S/C23H22N6S.C21H20N8S.C20H18N6S.C19H16N6S/c24-12-10-20(16-6-4-5-7-16)29-15-17(14-25-29)21-22-19(11-13-30-22)27-23(28-21)26-18-8-2-1-3-9-18;22-7-5-18(14-3-1-2-4-14)29-12-15(9-25-29)19-20-17(6-8-30-20)27-21(28-19)26-16-10-23-13-24-11-16;1-14(7-9-21)26-13-16(12-23-26)18-19-17(8-10-27-19)24-20(25-18)22-11-15-5-3-2-4-6-15;1-13(7-9-20)25-12-14(11-21-25)17-18-16(8-10-26-18)23-19(24-17)22-15-5-3-2-4-6-15/h1-3,8-9,11,13-16,20H,4-7,10H2,(H,26,27,28);6,8-14,18H,1-5H2,(H,26,27,28);2-6,8,10,12-14H,7,11H2,1H3,(H,22,24,25);2-6,8,10-13H,7H2,1H3,(H,22,23,24). The predicted octanol–water partition coefficient (Wildman–Crippen LogP) is 20.1. The van der Waals surface area contributed by atoms with Gasteiger partial charge in [-0.1, -0.05) is 92.4 Å². The number of benzene rings is 3. The van der Waals surface area contributed by atoms with E-state index in [0.717, 1.165) is 116 Å². The molecule has 0 bridgehead atoms. The van der Waals surface area contributed by atoms with E-state index in [4.69, 9.17) is 30.5 Å². The Morgan fingerprint density at radius 1 is 0.381 bits per heavy atom. The summed E-state index contributed by atoms with van der Waals surface area (Å²) in [5.41, 5.74) is 14.5. The van der Waals surface area contributed by atoms with Crippen LogP contribution in [-0.4, -0.2) is 89.0 Å². The van der Waals surface area contributed by atoms with Crippen molar-refractivity contribution in [1.29, 1.82) is 21.0 Å². The van der Waals surface area contributed by atoms with Gasteiger partial charge < -0.3 is 21.3 Å². The van der Waals surface area contributed by atoms with Gasteiger partial charge in [-0.2, -0.15) is 41.4 Å². The molecular weight excluding hydrogens is 1490 g/mol. The van der Waals surface area contributed by atoms with Crippen molar-refractivity contribution in [2.24, 2.45) is 11.8 Å². The zero-order valence-electron chi connectivity index (χ0n) is 61.8. The maximum absolute atomic E-state index is 9.35. The van der Waals surface area contributed by atoms with Gasteiger partial charge in [0.05, 0.1) is 181 Å². The first-order valence-corrected chi connectivity index (χ1v) is 40.7. The summed E-state index contributed by atoms with van der Waals surface area (Å²) in [5, 5.41) is 75.7. The summed E-state index contributed by atoms with van der Waals surface area (Å²) >= 11 is 6.47. The third-order valence-corrected chi connectivity index (χ3v) is 23.4. The summed E-state index contributed by atoms with van der Waals surface area (Å²) in [4.78, 5) is 45.6. The van der Waals surface area contributed by atoms with E-state index in [2.05, 4.69) is 108 Å². The average molecular weight is 1570 g/mol. The van der Waals surface area contributed by atoms with Gasteiger partial charge in [-0.3, -0.25) is 18.7 Å². The van der Waals surface area contributed by atoms with Crippen LogP contribution >= 0.6 is 45.3 Å². The summed E-state index contributed by atoms with van der Waals surface area (Å²) in [6, 6.07) is 47.3. The first-order valence-electron chi connectivity index (χ1n) is 37.2. The van der Waals surface area contributed by atoms with E-state index >= 15 is 0 Å². The van der Waals surface area contributed by atoms with E-state index in [1.54, 1.807) is 70.1 Å². The van der Waals surface area contributed by atoms with Gasteiger partial charge in [-0.15, -0.1) is 45.3 Å². The Morgan fingerprint density at radius 3 is 1.08 bits per heavy atom. The highest BCUT2D eigenvalue weighted by atomic mass is 32.1. The molecule has 4 atom stereocenters. The van der Waals surface area contributed by atoms with Crippen LogP contribution in [-0.2, 0) is 6.54 Å². The molecule has 13 aromatic heterocycles. The molecule has 0 spiro atoms. The van der Waals surface area contributed by atoms with Gasteiger partial charge in [-0.25, -0.2) is 49.8 Å². The van der Waals surface area contributed by atoms with E-state index in [-0.39, 0.29) is 24.2 Å². The van der Waals surface area contributed by atoms with Crippen LogP contribution in [0.2, 0.25) is 0 Å². The van der Waals surface area contributed by atoms with E-state index < -0.39 is 0 Å². The van der Waals surface area contributed by atoms with Crippen LogP contribution in [0.5, 0.6) is 0 Å². The van der Waals surface area contributed by atoms with Crippen molar-refractivity contribution in [3.8, 4) is 69.3 Å². The van der Waals surface area contributed by atoms with Crippen molar-refractivity contribution < 1.29 is 0 Å². The van der Waals surface area contributed by atoms with Crippen LogP contribution in [0.15, 0.2) is 205 Å². The fourth-order valence-electron chi connectivity index (χ4n) is 14.0. The molecule has 2 saturated carbocycles. The fourth-order valence-corrected chi connectivity index (χ4v) is 17.4. The third-order valence-electron chi connectivity index (χ3n) is 19.7. The van der Waals surface area contributed by atoms with Crippen LogP contribution in [0.3, 0.4) is 0 Å². The second-order valence-corrected chi connectivity index (χ2v) is 31.1. The Balaban J connectivity index is 0.000000119. The molecule has 2 fully saturated rings. The van der Waals surface area contributed by atoms with Crippen LogP contribution < -0.4 is 21.3 Å². The Kier molecular flexibility index (Phi) is 24.1. The Morgan fingerprint density at radius 2 is 0.708 bits per heavy atom. The summed E-state index contributed by atoms with van der Waals surface area (Å²) < 4.78 is 11.7. The molecule has 26 nitrogen and oxygen atoms in total. The smallest absolute Gasteiger partial charge is 0.228 e. The van der Waals surface area contributed by atoms with Crippen molar-refractivity contribution in [3.05, 3.63) is 211 Å². The monoisotopic (exact) mass is 1560 g/mol. The number of para-hydroxylation sites is 2. The lowest BCUT2D eigenvalue weighted by atomic mass is 9.96. The molecule has 3 aromatic carbocycles. The Hall–Kier alpha value is -13.1. The van der Waals surface area contributed by atoms with Crippen LogP contribution in [0.4, 0.5) is 40.9 Å². The molecule has 0 saturated heterocycles. The van der Waals surface area contributed by atoms with E-state index in [9.17, 15) is 10.5 Å². The van der Waals surface area contributed by atoms with Gasteiger partial charge in [0.15, 0.2) is 0 Å². The minimum atomic E-state index is 0.0244. The molecule has 0 amide bonds. The normalized spacial score (nSPS) is 13.8. The molecular formula is C83H76N26S4. The number of nitrogens with one attached hydrogen (secondary N) is 4. The molecule has 0 radical (unpaired) electrons. The topological polar surface area (TPSA) is 343 Å². The average Bonchev–Trinajstić information content (AvgIpc) is 1.70. The number of thiophene rings is 4. The molecule has 16 aromatic rings. The lowest BCUT2D eigenvalue weighted by molar-refractivity contribution is 0.315. The van der Waals surface area contributed by atoms with Crippen molar-refractivity contribution in [2.75, 3.05) is 21.3 Å². The summed E-state index contributed by atoms with van der Waals surface area (Å²) in [6.45, 7) is 4.62. The van der Waals surface area contributed by atoms with Crippen LogP contribution in [0.25, 0.3) is 85.9 Å². The summed E-state index contributed by atoms with van der Waals surface area (Å²) in [5.74, 6) is 3.24. The maximum Gasteiger partial charge on any atom is 0.228 e. The number of anilines is 7. The van der Waals surface area contributed by atoms with Crippen molar-refractivity contribution in [2.45, 2.75) is 122 Å². The van der Waals surface area contributed by atoms with Gasteiger partial charge in [0.2, 0.25) is 23.8 Å². The molecule has 30 heteroatoms. The molecule has 13 heterocycles. The number of hydrogen-bond acceptors (Lipinski definition) is 26. The number of fused-ring (bicyclic) bond motifs is 4. The summed E-state index contributed by atoms with van der Waals surface area (Å²) in [6.07, 6.45) is 31.6. The minimum Gasteiger partial charge on any atom is -0.350 e. The van der Waals surface area contributed by atoms with Gasteiger partial charge in [0.25, 0.3) is 0 Å². The SMILES string of the molecule is CC(CC#N)n1cc(-c2nc(NCc3ccccc3)nc3ccsc23)cn1.CC(CC#N)n1cc(-c2nc(Nc3ccccc3)nc3ccsc23)cn1.N#CCC(C1CCCC1)n1cc(-c2nc(Nc3ccccc3)nc3ccsc23)cn1.N#CCC(C1CCCC1)n1cc(-c2nc(Nc3cncnc3)nc3ccsc23)cn1. The van der Waals surface area contributed by atoms with E-state index in [1.165, 1.54) is 50.4 Å². The highest BCUT2D eigenvalue weighted by molar-refractivity contribution is 7.18. The lowest BCUT2D eigenvalue weighted by Crippen LogP contribution is -2.17. The molecule has 4 N–H and O–H groups in total. The van der Waals surface area contributed by atoms with Crippen molar-refractivity contribution in [1.82, 2.24) is 89.0 Å². The molecule has 2 aliphatic rings. The first kappa shape index (κ1) is 75.3. The lowest BCUT2D eigenvalue weighted by Gasteiger charge is -2.21. The molecule has 562 valence electrons. The van der Waals surface area contributed by atoms with Gasteiger partial charge in [0, 0.05) is 65.0 Å². The predicted molar refractivity (Wildman–Crippen MR) is 445 cm³/mol. The summed E-state index contributed by atoms with van der Waals surface area (Å²) in [7, 11) is 0. The van der Waals surface area contributed by atoms with Gasteiger partial charge in [-0.05, 0) is 127 Å². The van der Waals surface area contributed by atoms with Gasteiger partial charge in [0.1, 0.15) is 6.33 Å². The quantitative estimate of drug-likeness (QED) is 0.0462. The zero-order chi connectivity index (χ0) is 77.2. The molecule has 0 aliphatic heterocycles. The second kappa shape index (κ2) is 36.2. The first-order chi connectivity index (χ1) is 55.6. The van der Waals surface area contributed by atoms with E-state index in [0.29, 0.717) is 67.9 Å². The van der Waals surface area contributed by atoms with Crippen LogP contribution in [0.1, 0.15) is 121 Å². The minimum absolute atomic E-state index is 0.0244. The molecule has 2 aliphatic carbocycles. The molecule has 18 rings (SSSR count). The number of nitriles is 4. The van der Waals surface area contributed by atoms with Crippen molar-refractivity contribution >= 4 is 127 Å². The second-order valence-electron chi connectivity index (χ2n) is 27.4. The number of hydrogen-bond donors (Lipinski definition) is 4. The van der Waals surface area contributed by atoms with Crippen molar-refractivity contribution in [3.63, 3.8) is 0 Å². The molecule has 113 heavy (non-hydrogen) atoms. The zero-order valence-corrected chi connectivity index (χ0v) is 65.0. The van der Waals surface area contributed by atoms with Gasteiger partial charge >= 0.3 is 0 Å². The maximum atomic E-state index is 9.35. The molecule has 4 unspecified atom stereocenters. The number of aromatic nitrogens is 18. The highest BCUT2D eigenvalue weighted by Crippen LogP contribution is 2.41. The fraction of sp³-hybridized carbons (Fsp3) is 0.253. The highest BCUT2D eigenvalue weighted by Gasteiger charge is 2.30. The number of rotatable bonds is 23. The van der Waals surface area contributed by atoms with Crippen LogP contribution in [0, 0.1) is 57.2 Å². The van der Waals surface area contributed by atoms with E-state index in [1.807, 2.05) is 194 Å². The third kappa shape index (κ3) is 18.2. The number of nitrogens with zero attached hydrogens (tertiary/aromatic N) is 22. The Labute approximate surface area is 667 Å². The largest absolute Gasteiger partial charge is 0.350 e.